The van der Waals surface area contributed by atoms with Gasteiger partial charge in [-0.25, -0.2) is 0 Å². The standard InChI is InChI=1S/C8H18N4O4/c9-8(13)7-16-6-5-15-4-3-14-2-1-11-12-10/h8,13H,1-7,9H2. The molecule has 0 saturated heterocycles. The van der Waals surface area contributed by atoms with Crippen LogP contribution >= 0.6 is 0 Å². The van der Waals surface area contributed by atoms with Crippen LogP contribution in [0.4, 0.5) is 0 Å². The van der Waals surface area contributed by atoms with Crippen molar-refractivity contribution in [3.05, 3.63) is 10.4 Å². The van der Waals surface area contributed by atoms with E-state index in [9.17, 15) is 0 Å². The molecule has 0 rings (SSSR count). The summed E-state index contributed by atoms with van der Waals surface area (Å²) in [4.78, 5) is 2.58. The highest BCUT2D eigenvalue weighted by Crippen LogP contribution is 1.82. The van der Waals surface area contributed by atoms with Crippen LogP contribution in [-0.4, -0.2) is 57.5 Å². The number of hydrogen-bond donors (Lipinski definition) is 2. The second-order valence-corrected chi connectivity index (χ2v) is 2.82. The molecule has 0 bridgehead atoms. The van der Waals surface area contributed by atoms with E-state index < -0.39 is 6.23 Å². The number of aliphatic hydroxyl groups is 1. The number of nitrogens with zero attached hydrogens (tertiary/aromatic N) is 3. The molecule has 0 saturated carbocycles. The summed E-state index contributed by atoms with van der Waals surface area (Å²) in [5.41, 5.74) is 13.0. The lowest BCUT2D eigenvalue weighted by Crippen LogP contribution is -2.26. The zero-order valence-corrected chi connectivity index (χ0v) is 9.12. The van der Waals surface area contributed by atoms with Gasteiger partial charge in [-0.3, -0.25) is 0 Å². The molecule has 0 aromatic heterocycles. The number of ether oxygens (including phenoxy) is 3. The number of aliphatic hydroxyl groups excluding tert-OH is 1. The molecular formula is C8H18N4O4. The normalized spacial score (nSPS) is 12.1. The number of hydrogen-bond acceptors (Lipinski definition) is 6. The molecule has 0 aromatic carbocycles. The third-order valence-corrected chi connectivity index (χ3v) is 1.43. The molecule has 8 heteroatoms. The first kappa shape index (κ1) is 15.1. The van der Waals surface area contributed by atoms with Gasteiger partial charge in [-0.15, -0.1) is 0 Å². The van der Waals surface area contributed by atoms with Crippen molar-refractivity contribution < 1.29 is 19.3 Å². The van der Waals surface area contributed by atoms with Crippen LogP contribution in [0.25, 0.3) is 10.4 Å². The second kappa shape index (κ2) is 12.2. The summed E-state index contributed by atoms with van der Waals surface area (Å²) < 4.78 is 15.2. The van der Waals surface area contributed by atoms with Crippen LogP contribution in [-0.2, 0) is 14.2 Å². The van der Waals surface area contributed by atoms with Crippen molar-refractivity contribution in [3.63, 3.8) is 0 Å². The SMILES string of the molecule is [N-]=[N+]=NCCOCCOCCOCC(N)O. The van der Waals surface area contributed by atoms with Crippen molar-refractivity contribution >= 4 is 0 Å². The Balaban J connectivity index is 2.96. The molecule has 1 atom stereocenters. The van der Waals surface area contributed by atoms with Gasteiger partial charge in [-0.2, -0.15) is 0 Å². The molecule has 0 aromatic rings. The molecule has 0 aliphatic heterocycles. The van der Waals surface area contributed by atoms with Crippen molar-refractivity contribution in [2.75, 3.05) is 46.2 Å². The van der Waals surface area contributed by atoms with Gasteiger partial charge in [0.15, 0.2) is 0 Å². The molecule has 8 nitrogen and oxygen atoms in total. The Labute approximate surface area is 93.9 Å². The third-order valence-electron chi connectivity index (χ3n) is 1.43. The molecule has 0 radical (unpaired) electrons. The van der Waals surface area contributed by atoms with Gasteiger partial charge in [0.1, 0.15) is 6.23 Å². The van der Waals surface area contributed by atoms with E-state index in [1.54, 1.807) is 0 Å². The third kappa shape index (κ3) is 13.1. The van der Waals surface area contributed by atoms with Crippen LogP contribution in [0.1, 0.15) is 0 Å². The van der Waals surface area contributed by atoms with Gasteiger partial charge in [0.05, 0.1) is 39.6 Å². The fourth-order valence-electron chi connectivity index (χ4n) is 0.794. The summed E-state index contributed by atoms with van der Waals surface area (Å²) in [6.45, 7) is 2.52. The van der Waals surface area contributed by atoms with Gasteiger partial charge in [-0.1, -0.05) is 5.11 Å². The van der Waals surface area contributed by atoms with Crippen molar-refractivity contribution in [2.24, 2.45) is 10.8 Å². The zero-order chi connectivity index (χ0) is 12.1. The van der Waals surface area contributed by atoms with Crippen LogP contribution in [0.15, 0.2) is 5.11 Å². The van der Waals surface area contributed by atoms with Crippen molar-refractivity contribution in [2.45, 2.75) is 6.23 Å². The minimum absolute atomic E-state index is 0.103. The Hall–Kier alpha value is -0.890. The predicted octanol–water partition coefficient (Wildman–Crippen LogP) is -0.376. The number of nitrogens with two attached hydrogens (primary N) is 1. The van der Waals surface area contributed by atoms with Crippen molar-refractivity contribution in [3.8, 4) is 0 Å². The van der Waals surface area contributed by atoms with E-state index >= 15 is 0 Å². The Morgan fingerprint density at radius 1 is 1.12 bits per heavy atom. The van der Waals surface area contributed by atoms with Crippen LogP contribution < -0.4 is 5.73 Å². The van der Waals surface area contributed by atoms with Crippen molar-refractivity contribution in [1.82, 2.24) is 0 Å². The monoisotopic (exact) mass is 234 g/mol. The van der Waals surface area contributed by atoms with Gasteiger partial charge in [-0.05, 0) is 5.53 Å². The number of rotatable bonds is 11. The number of azide groups is 1. The van der Waals surface area contributed by atoms with E-state index in [0.29, 0.717) is 39.6 Å². The lowest BCUT2D eigenvalue weighted by atomic mass is 10.6. The van der Waals surface area contributed by atoms with E-state index in [1.807, 2.05) is 0 Å². The first-order chi connectivity index (χ1) is 7.77. The maximum absolute atomic E-state index is 8.65. The summed E-state index contributed by atoms with van der Waals surface area (Å²) in [7, 11) is 0. The van der Waals surface area contributed by atoms with Crippen LogP contribution in [0.3, 0.4) is 0 Å². The van der Waals surface area contributed by atoms with E-state index in [-0.39, 0.29) is 6.61 Å². The average molecular weight is 234 g/mol. The Bertz CT molecular complexity index is 196. The lowest BCUT2D eigenvalue weighted by Gasteiger charge is -2.07. The lowest BCUT2D eigenvalue weighted by molar-refractivity contribution is -0.00758. The van der Waals surface area contributed by atoms with Crippen LogP contribution in [0, 0.1) is 0 Å². The molecule has 0 fully saturated rings. The molecule has 3 N–H and O–H groups in total. The highest BCUT2D eigenvalue weighted by molar-refractivity contribution is 4.44. The van der Waals surface area contributed by atoms with Crippen LogP contribution in [0.2, 0.25) is 0 Å². The average Bonchev–Trinajstić information content (AvgIpc) is 2.25. The fourth-order valence-corrected chi connectivity index (χ4v) is 0.794. The molecular weight excluding hydrogens is 216 g/mol. The molecule has 16 heavy (non-hydrogen) atoms. The Morgan fingerprint density at radius 2 is 1.69 bits per heavy atom. The highest BCUT2D eigenvalue weighted by Gasteiger charge is 1.95. The maximum atomic E-state index is 8.65. The van der Waals surface area contributed by atoms with E-state index in [0.717, 1.165) is 0 Å². The summed E-state index contributed by atoms with van der Waals surface area (Å²) in [5, 5.41) is 12.0. The van der Waals surface area contributed by atoms with Gasteiger partial charge in [0.25, 0.3) is 0 Å². The molecule has 0 aliphatic carbocycles. The summed E-state index contributed by atoms with van der Waals surface area (Å²) >= 11 is 0. The minimum Gasteiger partial charge on any atom is -0.379 e. The fraction of sp³-hybridized carbons (Fsp3) is 1.00. The summed E-state index contributed by atoms with van der Waals surface area (Å²) in [5.74, 6) is 0. The molecule has 94 valence electrons. The quantitative estimate of drug-likeness (QED) is 0.166. The first-order valence-corrected chi connectivity index (χ1v) is 4.95. The van der Waals surface area contributed by atoms with Gasteiger partial charge in [0, 0.05) is 11.5 Å². The van der Waals surface area contributed by atoms with E-state index in [1.165, 1.54) is 0 Å². The summed E-state index contributed by atoms with van der Waals surface area (Å²) in [6.07, 6.45) is -0.941. The van der Waals surface area contributed by atoms with Gasteiger partial charge in [0.2, 0.25) is 0 Å². The largest absolute Gasteiger partial charge is 0.379 e. The molecule has 0 amide bonds. The van der Waals surface area contributed by atoms with Gasteiger partial charge >= 0.3 is 0 Å². The molecule has 0 aliphatic rings. The molecule has 0 heterocycles. The second-order valence-electron chi connectivity index (χ2n) is 2.82. The predicted molar refractivity (Wildman–Crippen MR) is 56.7 cm³/mol. The Morgan fingerprint density at radius 3 is 2.25 bits per heavy atom. The zero-order valence-electron chi connectivity index (χ0n) is 9.12. The Kier molecular flexibility index (Phi) is 11.5. The summed E-state index contributed by atoms with van der Waals surface area (Å²) in [6, 6.07) is 0. The van der Waals surface area contributed by atoms with E-state index in [2.05, 4.69) is 10.0 Å². The van der Waals surface area contributed by atoms with Crippen LogP contribution in [0.5, 0.6) is 0 Å². The van der Waals surface area contributed by atoms with Gasteiger partial charge < -0.3 is 25.1 Å². The first-order valence-electron chi connectivity index (χ1n) is 4.95. The maximum Gasteiger partial charge on any atom is 0.126 e. The minimum atomic E-state index is -0.941. The highest BCUT2D eigenvalue weighted by atomic mass is 16.5. The molecule has 0 spiro atoms. The smallest absolute Gasteiger partial charge is 0.126 e. The van der Waals surface area contributed by atoms with E-state index in [4.69, 9.17) is 30.6 Å². The van der Waals surface area contributed by atoms with Crippen molar-refractivity contribution in [1.29, 1.82) is 0 Å². The topological polar surface area (TPSA) is 123 Å². The molecule has 1 unspecified atom stereocenters.